The summed E-state index contributed by atoms with van der Waals surface area (Å²) in [4.78, 5) is 13.7. The third kappa shape index (κ3) is 2.22. The third-order valence-electron chi connectivity index (χ3n) is 2.99. The molecule has 1 heterocycles. The van der Waals surface area contributed by atoms with Gasteiger partial charge in [0.1, 0.15) is 5.82 Å². The minimum atomic E-state index is -0.318. The molecule has 1 N–H and O–H groups in total. The molecule has 1 aromatic rings. The van der Waals surface area contributed by atoms with E-state index < -0.39 is 0 Å². The van der Waals surface area contributed by atoms with Crippen LogP contribution in [0.5, 0.6) is 0 Å². The molecule has 4 heteroatoms. The molecule has 0 aliphatic carbocycles. The fourth-order valence-electron chi connectivity index (χ4n) is 1.93. The first kappa shape index (κ1) is 11.1. The molecule has 0 bridgehead atoms. The summed E-state index contributed by atoms with van der Waals surface area (Å²) in [6.45, 7) is 1.79. The topological polar surface area (TPSA) is 32.3 Å². The maximum atomic E-state index is 12.7. The van der Waals surface area contributed by atoms with Crippen molar-refractivity contribution in [3.05, 3.63) is 35.6 Å². The van der Waals surface area contributed by atoms with Crippen molar-refractivity contribution >= 4 is 5.91 Å². The lowest BCUT2D eigenvalue weighted by atomic mass is 10.1. The van der Waals surface area contributed by atoms with Crippen molar-refractivity contribution in [2.75, 3.05) is 20.1 Å². The number of hydrogen-bond donors (Lipinski definition) is 1. The maximum Gasteiger partial charge on any atom is 0.253 e. The van der Waals surface area contributed by atoms with Crippen LogP contribution >= 0.6 is 0 Å². The number of nitrogens with zero attached hydrogens (tertiary/aromatic N) is 1. The molecule has 1 fully saturated rings. The van der Waals surface area contributed by atoms with Crippen molar-refractivity contribution in [2.24, 2.45) is 0 Å². The predicted octanol–water partition coefficient (Wildman–Crippen LogP) is 1.26. The standard InChI is InChI=1S/C12H15FN2O/c1-15(11-6-7-14-8-11)12(16)9-2-4-10(13)5-3-9/h2-5,11,14H,6-8H2,1H3/t11-/m0/s1. The van der Waals surface area contributed by atoms with Gasteiger partial charge in [0, 0.05) is 25.2 Å². The fourth-order valence-corrected chi connectivity index (χ4v) is 1.93. The van der Waals surface area contributed by atoms with E-state index in [1.54, 1.807) is 11.9 Å². The molecule has 1 atom stereocenters. The Labute approximate surface area is 94.3 Å². The van der Waals surface area contributed by atoms with Crippen LogP contribution < -0.4 is 5.32 Å². The summed E-state index contributed by atoms with van der Waals surface area (Å²) in [5, 5.41) is 3.21. The van der Waals surface area contributed by atoms with Crippen LogP contribution in [0.2, 0.25) is 0 Å². The number of benzene rings is 1. The highest BCUT2D eigenvalue weighted by Crippen LogP contribution is 2.11. The summed E-state index contributed by atoms with van der Waals surface area (Å²) >= 11 is 0. The van der Waals surface area contributed by atoms with Crippen molar-refractivity contribution in [1.29, 1.82) is 0 Å². The number of carbonyl (C=O) groups excluding carboxylic acids is 1. The molecule has 0 aromatic heterocycles. The Morgan fingerprint density at radius 2 is 2.12 bits per heavy atom. The van der Waals surface area contributed by atoms with Crippen LogP contribution in [0.3, 0.4) is 0 Å². The second-order valence-electron chi connectivity index (χ2n) is 4.07. The highest BCUT2D eigenvalue weighted by molar-refractivity contribution is 5.94. The first-order valence-electron chi connectivity index (χ1n) is 5.42. The molecular weight excluding hydrogens is 207 g/mol. The Balaban J connectivity index is 2.08. The lowest BCUT2D eigenvalue weighted by Crippen LogP contribution is -2.38. The molecule has 1 aliphatic rings. The Kier molecular flexibility index (Phi) is 3.19. The van der Waals surface area contributed by atoms with Gasteiger partial charge in [0.25, 0.3) is 5.91 Å². The van der Waals surface area contributed by atoms with Crippen LogP contribution in [0.25, 0.3) is 0 Å². The second kappa shape index (κ2) is 4.61. The second-order valence-corrected chi connectivity index (χ2v) is 4.07. The van der Waals surface area contributed by atoms with E-state index in [-0.39, 0.29) is 17.8 Å². The van der Waals surface area contributed by atoms with Gasteiger partial charge < -0.3 is 10.2 Å². The van der Waals surface area contributed by atoms with Gasteiger partial charge >= 0.3 is 0 Å². The van der Waals surface area contributed by atoms with Crippen molar-refractivity contribution < 1.29 is 9.18 Å². The van der Waals surface area contributed by atoms with Gasteiger partial charge in [-0.25, -0.2) is 4.39 Å². The molecule has 0 saturated carbocycles. The Morgan fingerprint density at radius 3 is 2.69 bits per heavy atom. The molecular formula is C12H15FN2O. The van der Waals surface area contributed by atoms with E-state index in [0.717, 1.165) is 19.5 Å². The van der Waals surface area contributed by atoms with E-state index in [1.165, 1.54) is 24.3 Å². The smallest absolute Gasteiger partial charge is 0.253 e. The van der Waals surface area contributed by atoms with E-state index in [4.69, 9.17) is 0 Å². The summed E-state index contributed by atoms with van der Waals surface area (Å²) in [6, 6.07) is 5.92. The van der Waals surface area contributed by atoms with E-state index in [2.05, 4.69) is 5.32 Å². The van der Waals surface area contributed by atoms with Gasteiger partial charge in [0.05, 0.1) is 0 Å². The number of nitrogens with one attached hydrogen (secondary N) is 1. The molecule has 0 unspecified atom stereocenters. The number of amides is 1. The van der Waals surface area contributed by atoms with Gasteiger partial charge in [-0.2, -0.15) is 0 Å². The molecule has 0 spiro atoms. The zero-order chi connectivity index (χ0) is 11.5. The van der Waals surface area contributed by atoms with Crippen LogP contribution in [0.15, 0.2) is 24.3 Å². The molecule has 1 saturated heterocycles. The maximum absolute atomic E-state index is 12.7. The molecule has 3 nitrogen and oxygen atoms in total. The van der Waals surface area contributed by atoms with Crippen molar-refractivity contribution in [3.8, 4) is 0 Å². The third-order valence-corrected chi connectivity index (χ3v) is 2.99. The van der Waals surface area contributed by atoms with Crippen LogP contribution in [0.4, 0.5) is 4.39 Å². The van der Waals surface area contributed by atoms with Crippen LogP contribution in [-0.4, -0.2) is 37.0 Å². The van der Waals surface area contributed by atoms with Crippen LogP contribution in [0, 0.1) is 5.82 Å². The monoisotopic (exact) mass is 222 g/mol. The fraction of sp³-hybridized carbons (Fsp3) is 0.417. The zero-order valence-electron chi connectivity index (χ0n) is 9.24. The molecule has 2 rings (SSSR count). The summed E-state index contributed by atoms with van der Waals surface area (Å²) in [5.74, 6) is -0.365. The first-order chi connectivity index (χ1) is 7.68. The van der Waals surface area contributed by atoms with Crippen LogP contribution in [-0.2, 0) is 0 Å². The summed E-state index contributed by atoms with van der Waals surface area (Å²) in [5.41, 5.74) is 0.538. The largest absolute Gasteiger partial charge is 0.337 e. The Hall–Kier alpha value is -1.42. The number of halogens is 1. The molecule has 86 valence electrons. The molecule has 16 heavy (non-hydrogen) atoms. The average Bonchev–Trinajstić information content (AvgIpc) is 2.81. The van der Waals surface area contributed by atoms with Gasteiger partial charge in [-0.3, -0.25) is 4.79 Å². The highest BCUT2D eigenvalue weighted by atomic mass is 19.1. The predicted molar refractivity (Wildman–Crippen MR) is 59.8 cm³/mol. The van der Waals surface area contributed by atoms with E-state index in [9.17, 15) is 9.18 Å². The van der Waals surface area contributed by atoms with Crippen molar-refractivity contribution in [1.82, 2.24) is 10.2 Å². The number of likely N-dealkylation sites (N-methyl/N-ethyl adjacent to an activating group) is 1. The normalized spacial score (nSPS) is 19.8. The van der Waals surface area contributed by atoms with E-state index >= 15 is 0 Å². The van der Waals surface area contributed by atoms with E-state index in [1.807, 2.05) is 0 Å². The van der Waals surface area contributed by atoms with Crippen molar-refractivity contribution in [3.63, 3.8) is 0 Å². The van der Waals surface area contributed by atoms with Crippen molar-refractivity contribution in [2.45, 2.75) is 12.5 Å². The van der Waals surface area contributed by atoms with Gasteiger partial charge in [0.15, 0.2) is 0 Å². The molecule has 0 radical (unpaired) electrons. The molecule has 1 amide bonds. The SMILES string of the molecule is CN(C(=O)c1ccc(F)cc1)[C@H]1CCNC1. The zero-order valence-corrected chi connectivity index (χ0v) is 9.24. The van der Waals surface area contributed by atoms with E-state index in [0.29, 0.717) is 5.56 Å². The summed E-state index contributed by atoms with van der Waals surface area (Å²) in [7, 11) is 1.79. The Morgan fingerprint density at radius 1 is 1.44 bits per heavy atom. The number of carbonyl (C=O) groups is 1. The highest BCUT2D eigenvalue weighted by Gasteiger charge is 2.23. The van der Waals surface area contributed by atoms with Gasteiger partial charge in [-0.05, 0) is 37.2 Å². The van der Waals surface area contributed by atoms with Gasteiger partial charge in [-0.15, -0.1) is 0 Å². The summed E-state index contributed by atoms with van der Waals surface area (Å²) in [6.07, 6.45) is 0.976. The average molecular weight is 222 g/mol. The van der Waals surface area contributed by atoms with Crippen LogP contribution in [0.1, 0.15) is 16.8 Å². The molecule has 1 aliphatic heterocycles. The Bertz CT molecular complexity index is 371. The summed E-state index contributed by atoms with van der Waals surface area (Å²) < 4.78 is 12.7. The first-order valence-corrected chi connectivity index (χ1v) is 5.42. The number of rotatable bonds is 2. The minimum Gasteiger partial charge on any atom is -0.337 e. The lowest BCUT2D eigenvalue weighted by molar-refractivity contribution is 0.0744. The van der Waals surface area contributed by atoms with Gasteiger partial charge in [-0.1, -0.05) is 0 Å². The lowest BCUT2D eigenvalue weighted by Gasteiger charge is -2.23. The number of hydrogen-bond acceptors (Lipinski definition) is 2. The van der Waals surface area contributed by atoms with Gasteiger partial charge in [0.2, 0.25) is 0 Å². The quantitative estimate of drug-likeness (QED) is 0.817. The molecule has 1 aromatic carbocycles. The minimum absolute atomic E-state index is 0.0475.